The highest BCUT2D eigenvalue weighted by Crippen LogP contribution is 2.24. The van der Waals surface area contributed by atoms with Crippen molar-refractivity contribution in [3.63, 3.8) is 0 Å². The first-order chi connectivity index (χ1) is 4.70. The second kappa shape index (κ2) is 2.66. The Balaban J connectivity index is 2.74. The predicted octanol–water partition coefficient (Wildman–Crippen LogP) is 0.651. The van der Waals surface area contributed by atoms with Gasteiger partial charge >= 0.3 is 5.97 Å². The Hall–Kier alpha value is -1.10. The van der Waals surface area contributed by atoms with E-state index in [0.29, 0.717) is 5.06 Å². The van der Waals surface area contributed by atoms with Crippen molar-refractivity contribution < 1.29 is 9.53 Å². The molecular formula is C5H6N2O2S. The van der Waals surface area contributed by atoms with E-state index in [2.05, 4.69) is 9.72 Å². The highest BCUT2D eigenvalue weighted by molar-refractivity contribution is 7.12. The van der Waals surface area contributed by atoms with E-state index in [0.717, 1.165) is 0 Å². The van der Waals surface area contributed by atoms with Gasteiger partial charge in [-0.15, -0.1) is 0 Å². The molecule has 0 aliphatic heterocycles. The molecule has 1 aromatic rings. The van der Waals surface area contributed by atoms with Crippen LogP contribution in [0.2, 0.25) is 0 Å². The molecule has 2 N–H and O–H groups in total. The number of nitrogens with zero attached hydrogens (tertiary/aromatic N) is 1. The van der Waals surface area contributed by atoms with E-state index in [4.69, 9.17) is 5.73 Å². The van der Waals surface area contributed by atoms with Crippen LogP contribution in [0.4, 0.5) is 5.82 Å². The number of thiazole rings is 1. The summed E-state index contributed by atoms with van der Waals surface area (Å²) in [5, 5.41) is 0.368. The molecule has 0 atom stereocenters. The molecule has 1 aromatic heterocycles. The summed E-state index contributed by atoms with van der Waals surface area (Å²) in [6.07, 6.45) is 0. The topological polar surface area (TPSA) is 65.2 Å². The lowest BCUT2D eigenvalue weighted by Gasteiger charge is -1.94. The van der Waals surface area contributed by atoms with Crippen LogP contribution in [0.5, 0.6) is 5.06 Å². The Morgan fingerprint density at radius 1 is 1.90 bits per heavy atom. The lowest BCUT2D eigenvalue weighted by molar-refractivity contribution is -0.131. The monoisotopic (exact) mass is 158 g/mol. The van der Waals surface area contributed by atoms with Gasteiger partial charge in [-0.3, -0.25) is 4.79 Å². The minimum atomic E-state index is -0.379. The van der Waals surface area contributed by atoms with Crippen molar-refractivity contribution in [1.29, 1.82) is 0 Å². The minimum Gasteiger partial charge on any atom is -0.412 e. The summed E-state index contributed by atoms with van der Waals surface area (Å²) in [6.45, 7) is 1.32. The van der Waals surface area contributed by atoms with Crippen molar-refractivity contribution >= 4 is 23.1 Å². The fraction of sp³-hybridized carbons (Fsp3) is 0.200. The number of anilines is 1. The number of carbonyl (C=O) groups excluding carboxylic acids is 1. The third-order valence-corrected chi connectivity index (χ3v) is 1.51. The molecule has 0 radical (unpaired) electrons. The van der Waals surface area contributed by atoms with Crippen LogP contribution in [-0.2, 0) is 4.79 Å². The maximum Gasteiger partial charge on any atom is 0.308 e. The Labute approximate surface area is 61.6 Å². The summed E-state index contributed by atoms with van der Waals surface area (Å²) in [7, 11) is 0. The maximum atomic E-state index is 10.4. The summed E-state index contributed by atoms with van der Waals surface area (Å²) < 4.78 is 4.68. The predicted molar refractivity (Wildman–Crippen MR) is 37.8 cm³/mol. The number of ether oxygens (including phenoxy) is 1. The average molecular weight is 158 g/mol. The molecule has 5 heteroatoms. The lowest BCUT2D eigenvalue weighted by atomic mass is 10.7. The van der Waals surface area contributed by atoms with Crippen molar-refractivity contribution in [3.8, 4) is 5.06 Å². The van der Waals surface area contributed by atoms with Crippen LogP contribution in [0.15, 0.2) is 5.51 Å². The van der Waals surface area contributed by atoms with Crippen LogP contribution in [0.3, 0.4) is 0 Å². The van der Waals surface area contributed by atoms with E-state index in [1.807, 2.05) is 0 Å². The quantitative estimate of drug-likeness (QED) is 0.609. The fourth-order valence-electron chi connectivity index (χ4n) is 0.451. The molecule has 0 spiro atoms. The number of hydrogen-bond acceptors (Lipinski definition) is 5. The van der Waals surface area contributed by atoms with Gasteiger partial charge in [-0.05, 0) is 0 Å². The van der Waals surface area contributed by atoms with Crippen LogP contribution in [-0.4, -0.2) is 11.0 Å². The van der Waals surface area contributed by atoms with Crippen molar-refractivity contribution in [2.45, 2.75) is 6.92 Å². The van der Waals surface area contributed by atoms with Crippen LogP contribution < -0.4 is 10.5 Å². The number of aromatic nitrogens is 1. The fourth-order valence-corrected chi connectivity index (χ4v) is 1.05. The van der Waals surface area contributed by atoms with E-state index in [-0.39, 0.29) is 11.8 Å². The molecule has 1 rings (SSSR count). The van der Waals surface area contributed by atoms with Gasteiger partial charge in [0.05, 0.1) is 5.51 Å². The molecule has 0 amide bonds. The van der Waals surface area contributed by atoms with Gasteiger partial charge in [0.2, 0.25) is 5.06 Å². The van der Waals surface area contributed by atoms with Crippen LogP contribution in [0.1, 0.15) is 6.92 Å². The van der Waals surface area contributed by atoms with Gasteiger partial charge in [-0.2, -0.15) is 0 Å². The molecule has 0 fully saturated rings. The maximum absolute atomic E-state index is 10.4. The highest BCUT2D eigenvalue weighted by Gasteiger charge is 2.04. The number of esters is 1. The molecule has 0 aliphatic rings. The molecule has 0 unspecified atom stereocenters. The van der Waals surface area contributed by atoms with Crippen molar-refractivity contribution in [2.75, 3.05) is 5.73 Å². The van der Waals surface area contributed by atoms with E-state index in [1.54, 1.807) is 0 Å². The van der Waals surface area contributed by atoms with Gasteiger partial charge in [0.25, 0.3) is 0 Å². The smallest absolute Gasteiger partial charge is 0.308 e. The lowest BCUT2D eigenvalue weighted by Crippen LogP contribution is -2.01. The van der Waals surface area contributed by atoms with E-state index in [1.165, 1.54) is 23.8 Å². The van der Waals surface area contributed by atoms with Crippen molar-refractivity contribution in [3.05, 3.63) is 5.51 Å². The molecule has 1 heterocycles. The average Bonchev–Trinajstić information content (AvgIpc) is 2.15. The molecule has 0 saturated heterocycles. The van der Waals surface area contributed by atoms with Gasteiger partial charge in [0.15, 0.2) is 5.82 Å². The SMILES string of the molecule is CC(=O)Oc1scnc1N. The second-order valence-corrected chi connectivity index (χ2v) is 2.44. The molecule has 0 aliphatic carbocycles. The van der Waals surface area contributed by atoms with Crippen molar-refractivity contribution in [1.82, 2.24) is 4.98 Å². The van der Waals surface area contributed by atoms with Gasteiger partial charge in [0.1, 0.15) is 0 Å². The number of carbonyl (C=O) groups is 1. The Kier molecular flexibility index (Phi) is 1.86. The number of nitrogen functional groups attached to an aromatic ring is 1. The van der Waals surface area contributed by atoms with Gasteiger partial charge in [-0.1, -0.05) is 11.3 Å². The summed E-state index contributed by atoms with van der Waals surface area (Å²) >= 11 is 1.20. The van der Waals surface area contributed by atoms with Gasteiger partial charge in [0, 0.05) is 6.92 Å². The minimum absolute atomic E-state index is 0.264. The summed E-state index contributed by atoms with van der Waals surface area (Å²) in [5.41, 5.74) is 6.83. The van der Waals surface area contributed by atoms with Crippen LogP contribution >= 0.6 is 11.3 Å². The first-order valence-corrected chi connectivity index (χ1v) is 3.45. The molecule has 0 saturated carbocycles. The third-order valence-electron chi connectivity index (χ3n) is 0.797. The highest BCUT2D eigenvalue weighted by atomic mass is 32.1. The van der Waals surface area contributed by atoms with Gasteiger partial charge in [-0.25, -0.2) is 4.98 Å². The molecule has 54 valence electrons. The zero-order valence-electron chi connectivity index (χ0n) is 5.33. The summed E-state index contributed by atoms with van der Waals surface area (Å²) in [4.78, 5) is 14.1. The van der Waals surface area contributed by atoms with Crippen molar-refractivity contribution in [2.24, 2.45) is 0 Å². The number of hydrogen-bond donors (Lipinski definition) is 1. The molecule has 0 aromatic carbocycles. The van der Waals surface area contributed by atoms with E-state index in [9.17, 15) is 4.79 Å². The molecule has 4 nitrogen and oxygen atoms in total. The Bertz CT molecular complexity index is 246. The van der Waals surface area contributed by atoms with Crippen LogP contribution in [0, 0.1) is 0 Å². The molecule has 0 bridgehead atoms. The van der Waals surface area contributed by atoms with Gasteiger partial charge < -0.3 is 10.5 Å². The zero-order valence-corrected chi connectivity index (χ0v) is 6.14. The Morgan fingerprint density at radius 3 is 3.00 bits per heavy atom. The molecular weight excluding hydrogens is 152 g/mol. The third kappa shape index (κ3) is 1.44. The zero-order chi connectivity index (χ0) is 7.56. The normalized spacial score (nSPS) is 9.30. The van der Waals surface area contributed by atoms with E-state index < -0.39 is 0 Å². The number of rotatable bonds is 1. The largest absolute Gasteiger partial charge is 0.412 e. The second-order valence-electron chi connectivity index (χ2n) is 1.62. The Morgan fingerprint density at radius 2 is 2.60 bits per heavy atom. The van der Waals surface area contributed by atoms with E-state index >= 15 is 0 Å². The first kappa shape index (κ1) is 7.01. The van der Waals surface area contributed by atoms with Crippen LogP contribution in [0.25, 0.3) is 0 Å². The molecule has 10 heavy (non-hydrogen) atoms. The standard InChI is InChI=1S/C5H6N2O2S/c1-3(8)9-5-4(6)7-2-10-5/h2H,6H2,1H3. The first-order valence-electron chi connectivity index (χ1n) is 2.57. The summed E-state index contributed by atoms with van der Waals surface area (Å²) in [6, 6.07) is 0. The number of nitrogens with two attached hydrogens (primary N) is 1. The summed E-state index contributed by atoms with van der Waals surface area (Å²) in [5.74, 6) is -0.115.